The first-order valence-corrected chi connectivity index (χ1v) is 2.85. The van der Waals surface area contributed by atoms with Gasteiger partial charge in [-0.1, -0.05) is 0 Å². The lowest BCUT2D eigenvalue weighted by molar-refractivity contribution is -0.134. The van der Waals surface area contributed by atoms with Crippen LogP contribution in [0.15, 0.2) is 0 Å². The Balaban J connectivity index is 3.85. The van der Waals surface area contributed by atoms with Gasteiger partial charge in [0.1, 0.15) is 5.60 Å². The van der Waals surface area contributed by atoms with Crippen LogP contribution in [0.4, 0.5) is 0 Å². The molecule has 0 saturated carbocycles. The van der Waals surface area contributed by atoms with Crippen molar-refractivity contribution in [3.05, 3.63) is 0 Å². The van der Waals surface area contributed by atoms with Gasteiger partial charge in [0.05, 0.1) is 0 Å². The van der Waals surface area contributed by atoms with Crippen LogP contribution < -0.4 is 0 Å². The van der Waals surface area contributed by atoms with Crippen molar-refractivity contribution >= 4 is 5.78 Å². The summed E-state index contributed by atoms with van der Waals surface area (Å²) in [5.74, 6) is -0.309. The molecule has 9 heavy (non-hydrogen) atoms. The maximum Gasteiger partial charge on any atom is 0.161 e. The van der Waals surface area contributed by atoms with Crippen molar-refractivity contribution < 1.29 is 15.0 Å². The highest BCUT2D eigenvalue weighted by molar-refractivity contribution is 5.84. The van der Waals surface area contributed by atoms with Crippen LogP contribution in [0.2, 0.25) is 0 Å². The summed E-state index contributed by atoms with van der Waals surface area (Å²) in [5, 5.41) is 17.4. The Hall–Kier alpha value is -0.410. The second kappa shape index (κ2) is 2.94. The summed E-state index contributed by atoms with van der Waals surface area (Å²) < 4.78 is 0. The number of aliphatic hydroxyl groups is 2. The summed E-state index contributed by atoms with van der Waals surface area (Å²) in [6.45, 7) is 2.54. The van der Waals surface area contributed by atoms with E-state index in [0.29, 0.717) is 0 Å². The van der Waals surface area contributed by atoms with Crippen molar-refractivity contribution in [1.82, 2.24) is 0 Å². The third-order valence-electron chi connectivity index (χ3n) is 1.36. The Bertz CT molecular complexity index is 107. The van der Waals surface area contributed by atoms with E-state index >= 15 is 0 Å². The fourth-order valence-electron chi connectivity index (χ4n) is 0.394. The molecular formula is C6H12O3. The number of hydrogen-bond donors (Lipinski definition) is 2. The van der Waals surface area contributed by atoms with E-state index < -0.39 is 5.60 Å². The number of Topliss-reactive ketones (excluding diaryl/α,β-unsaturated/α-hetero) is 1. The number of ketones is 1. The second-order valence-corrected chi connectivity index (χ2v) is 2.30. The monoisotopic (exact) mass is 132 g/mol. The zero-order chi connectivity index (χ0) is 7.49. The van der Waals surface area contributed by atoms with Gasteiger partial charge < -0.3 is 10.2 Å². The van der Waals surface area contributed by atoms with Crippen molar-refractivity contribution in [3.63, 3.8) is 0 Å². The number of hydrogen-bond acceptors (Lipinski definition) is 3. The SMILES string of the molecule is CC(=O)C(C)(O)CCO. The Kier molecular flexibility index (Phi) is 2.81. The van der Waals surface area contributed by atoms with Crippen LogP contribution in [0, 0.1) is 0 Å². The van der Waals surface area contributed by atoms with E-state index in [2.05, 4.69) is 0 Å². The van der Waals surface area contributed by atoms with Crippen LogP contribution in [-0.2, 0) is 4.79 Å². The van der Waals surface area contributed by atoms with Gasteiger partial charge in [-0.2, -0.15) is 0 Å². The summed E-state index contributed by atoms with van der Waals surface area (Å²) in [5.41, 5.74) is -1.34. The van der Waals surface area contributed by atoms with Crippen molar-refractivity contribution in [1.29, 1.82) is 0 Å². The van der Waals surface area contributed by atoms with Gasteiger partial charge >= 0.3 is 0 Å². The van der Waals surface area contributed by atoms with E-state index in [0.717, 1.165) is 0 Å². The van der Waals surface area contributed by atoms with Crippen molar-refractivity contribution in [2.75, 3.05) is 6.61 Å². The van der Waals surface area contributed by atoms with Gasteiger partial charge in [0.25, 0.3) is 0 Å². The highest BCUT2D eigenvalue weighted by Crippen LogP contribution is 2.08. The Labute approximate surface area is 54.3 Å². The van der Waals surface area contributed by atoms with Crippen LogP contribution >= 0.6 is 0 Å². The molecule has 0 aromatic heterocycles. The Morgan fingerprint density at radius 1 is 1.67 bits per heavy atom. The molecule has 1 atom stereocenters. The summed E-state index contributed by atoms with van der Waals surface area (Å²) in [6.07, 6.45) is 0.113. The summed E-state index contributed by atoms with van der Waals surface area (Å²) in [6, 6.07) is 0. The number of rotatable bonds is 3. The second-order valence-electron chi connectivity index (χ2n) is 2.30. The van der Waals surface area contributed by atoms with Gasteiger partial charge in [-0.3, -0.25) is 4.79 Å². The number of carbonyl (C=O) groups is 1. The molecule has 3 heteroatoms. The minimum absolute atomic E-state index is 0.113. The van der Waals surface area contributed by atoms with Gasteiger partial charge in [0.15, 0.2) is 5.78 Å². The van der Waals surface area contributed by atoms with E-state index in [9.17, 15) is 4.79 Å². The number of aliphatic hydroxyl groups excluding tert-OH is 1. The van der Waals surface area contributed by atoms with E-state index in [-0.39, 0.29) is 18.8 Å². The molecule has 0 aromatic rings. The van der Waals surface area contributed by atoms with Crippen LogP contribution in [-0.4, -0.2) is 28.2 Å². The third kappa shape index (κ3) is 2.58. The molecule has 0 saturated heterocycles. The molecule has 0 fully saturated rings. The zero-order valence-electron chi connectivity index (χ0n) is 5.72. The Morgan fingerprint density at radius 3 is 2.22 bits per heavy atom. The fourth-order valence-corrected chi connectivity index (χ4v) is 0.394. The minimum Gasteiger partial charge on any atom is -0.396 e. The molecule has 0 amide bonds. The van der Waals surface area contributed by atoms with Crippen LogP contribution in [0.1, 0.15) is 20.3 Å². The van der Waals surface area contributed by atoms with Crippen molar-refractivity contribution in [2.24, 2.45) is 0 Å². The topological polar surface area (TPSA) is 57.5 Å². The first-order chi connectivity index (χ1) is 4.00. The molecule has 0 rings (SSSR count). The molecule has 0 aliphatic carbocycles. The maximum absolute atomic E-state index is 10.5. The van der Waals surface area contributed by atoms with E-state index in [1.807, 2.05) is 0 Å². The molecule has 54 valence electrons. The van der Waals surface area contributed by atoms with Gasteiger partial charge in [-0.05, 0) is 13.8 Å². The molecule has 3 nitrogen and oxygen atoms in total. The quantitative estimate of drug-likeness (QED) is 0.554. The average Bonchev–Trinajstić information content (AvgIpc) is 1.65. The summed E-state index contributed by atoms with van der Waals surface area (Å²) in [7, 11) is 0. The summed E-state index contributed by atoms with van der Waals surface area (Å²) in [4.78, 5) is 10.5. The lowest BCUT2D eigenvalue weighted by atomic mass is 9.99. The maximum atomic E-state index is 10.5. The highest BCUT2D eigenvalue weighted by Gasteiger charge is 2.24. The molecule has 2 N–H and O–H groups in total. The lowest BCUT2D eigenvalue weighted by Crippen LogP contribution is -2.33. The highest BCUT2D eigenvalue weighted by atomic mass is 16.3. The summed E-state index contributed by atoms with van der Waals surface area (Å²) >= 11 is 0. The van der Waals surface area contributed by atoms with Crippen molar-refractivity contribution in [3.8, 4) is 0 Å². The largest absolute Gasteiger partial charge is 0.396 e. The van der Waals surface area contributed by atoms with E-state index in [1.165, 1.54) is 13.8 Å². The van der Waals surface area contributed by atoms with E-state index in [1.54, 1.807) is 0 Å². The molecule has 0 aromatic carbocycles. The standard InChI is InChI=1S/C6H12O3/c1-5(8)6(2,9)3-4-7/h7,9H,3-4H2,1-2H3. The Morgan fingerprint density at radius 2 is 2.11 bits per heavy atom. The molecule has 0 bridgehead atoms. The van der Waals surface area contributed by atoms with Gasteiger partial charge in [0, 0.05) is 13.0 Å². The van der Waals surface area contributed by atoms with Crippen LogP contribution in [0.3, 0.4) is 0 Å². The van der Waals surface area contributed by atoms with Gasteiger partial charge in [0.2, 0.25) is 0 Å². The van der Waals surface area contributed by atoms with Crippen molar-refractivity contribution in [2.45, 2.75) is 25.9 Å². The number of carbonyl (C=O) groups excluding carboxylic acids is 1. The molecule has 0 aliphatic heterocycles. The molecular weight excluding hydrogens is 120 g/mol. The molecule has 0 radical (unpaired) electrons. The smallest absolute Gasteiger partial charge is 0.161 e. The fraction of sp³-hybridized carbons (Fsp3) is 0.833. The molecule has 0 heterocycles. The minimum atomic E-state index is -1.34. The van der Waals surface area contributed by atoms with E-state index in [4.69, 9.17) is 10.2 Å². The van der Waals surface area contributed by atoms with Crippen LogP contribution in [0.25, 0.3) is 0 Å². The lowest BCUT2D eigenvalue weighted by Gasteiger charge is -2.17. The first kappa shape index (κ1) is 8.59. The third-order valence-corrected chi connectivity index (χ3v) is 1.36. The average molecular weight is 132 g/mol. The zero-order valence-corrected chi connectivity index (χ0v) is 5.72. The molecule has 0 aliphatic rings. The normalized spacial score (nSPS) is 16.9. The predicted octanol–water partition coefficient (Wildman–Crippen LogP) is -0.291. The predicted molar refractivity (Wildman–Crippen MR) is 33.0 cm³/mol. The molecule has 1 unspecified atom stereocenters. The van der Waals surface area contributed by atoms with Crippen LogP contribution in [0.5, 0.6) is 0 Å². The molecule has 0 spiro atoms. The first-order valence-electron chi connectivity index (χ1n) is 2.85. The van der Waals surface area contributed by atoms with Gasteiger partial charge in [-0.25, -0.2) is 0 Å². The van der Waals surface area contributed by atoms with Gasteiger partial charge in [-0.15, -0.1) is 0 Å².